The standard InChI is InChI=1S/C8H13NO6/c1-4(10)7(12)9-6(8(13)14)3-15-5(2)11/h4,6,10H,3H2,1-2H3,(H,9,12)(H,13,14)/t4?,6-/m0/s1. The summed E-state index contributed by atoms with van der Waals surface area (Å²) in [4.78, 5) is 31.9. The molecule has 7 nitrogen and oxygen atoms in total. The third-order valence-electron chi connectivity index (χ3n) is 1.45. The highest BCUT2D eigenvalue weighted by Crippen LogP contribution is 1.90. The molecule has 0 aliphatic carbocycles. The fourth-order valence-corrected chi connectivity index (χ4v) is 0.668. The maximum atomic E-state index is 10.9. The first-order valence-electron chi connectivity index (χ1n) is 4.19. The Bertz CT molecular complexity index is 262. The number of hydrogen-bond donors (Lipinski definition) is 3. The summed E-state index contributed by atoms with van der Waals surface area (Å²) >= 11 is 0. The highest BCUT2D eigenvalue weighted by atomic mass is 16.5. The minimum absolute atomic E-state index is 0.469. The van der Waals surface area contributed by atoms with Gasteiger partial charge in [-0.25, -0.2) is 4.79 Å². The van der Waals surface area contributed by atoms with Crippen LogP contribution in [0, 0.1) is 0 Å². The van der Waals surface area contributed by atoms with Crippen molar-refractivity contribution in [2.45, 2.75) is 26.0 Å². The first-order valence-corrected chi connectivity index (χ1v) is 4.19. The van der Waals surface area contributed by atoms with Crippen molar-refractivity contribution in [2.24, 2.45) is 0 Å². The first-order chi connectivity index (χ1) is 6.84. The van der Waals surface area contributed by atoms with Crippen molar-refractivity contribution >= 4 is 17.8 Å². The van der Waals surface area contributed by atoms with E-state index in [0.717, 1.165) is 6.92 Å². The molecule has 0 rings (SSSR count). The quantitative estimate of drug-likeness (QED) is 0.485. The summed E-state index contributed by atoms with van der Waals surface area (Å²) < 4.78 is 4.43. The molecule has 0 bridgehead atoms. The largest absolute Gasteiger partial charge is 0.480 e. The molecule has 0 radical (unpaired) electrons. The van der Waals surface area contributed by atoms with Gasteiger partial charge in [0.1, 0.15) is 12.7 Å². The number of ether oxygens (including phenoxy) is 1. The van der Waals surface area contributed by atoms with E-state index in [4.69, 9.17) is 10.2 Å². The Labute approximate surface area is 86.0 Å². The van der Waals surface area contributed by atoms with E-state index >= 15 is 0 Å². The van der Waals surface area contributed by atoms with Gasteiger partial charge in [0.25, 0.3) is 0 Å². The maximum Gasteiger partial charge on any atom is 0.329 e. The van der Waals surface area contributed by atoms with Gasteiger partial charge in [-0.2, -0.15) is 0 Å². The molecule has 0 saturated carbocycles. The van der Waals surface area contributed by atoms with Crippen LogP contribution in [0.1, 0.15) is 13.8 Å². The molecule has 7 heteroatoms. The first kappa shape index (κ1) is 13.4. The Morgan fingerprint density at radius 2 is 1.93 bits per heavy atom. The monoisotopic (exact) mass is 219 g/mol. The molecule has 0 aromatic rings. The van der Waals surface area contributed by atoms with Crippen LogP contribution in [-0.2, 0) is 19.1 Å². The lowest BCUT2D eigenvalue weighted by atomic mass is 10.3. The zero-order valence-electron chi connectivity index (χ0n) is 8.39. The van der Waals surface area contributed by atoms with Gasteiger partial charge in [0.15, 0.2) is 6.04 Å². The molecule has 1 unspecified atom stereocenters. The van der Waals surface area contributed by atoms with Crippen LogP contribution in [0.4, 0.5) is 0 Å². The number of carbonyl (C=O) groups excluding carboxylic acids is 2. The van der Waals surface area contributed by atoms with E-state index in [-0.39, 0.29) is 0 Å². The van der Waals surface area contributed by atoms with Crippen molar-refractivity contribution in [1.29, 1.82) is 0 Å². The summed E-state index contributed by atoms with van der Waals surface area (Å²) in [7, 11) is 0. The Hall–Kier alpha value is -1.63. The summed E-state index contributed by atoms with van der Waals surface area (Å²) in [6.45, 7) is 1.85. The fourth-order valence-electron chi connectivity index (χ4n) is 0.668. The third kappa shape index (κ3) is 5.63. The molecule has 2 atom stereocenters. The second-order valence-electron chi connectivity index (χ2n) is 2.88. The van der Waals surface area contributed by atoms with E-state index in [1.807, 2.05) is 5.32 Å². The molecule has 0 saturated heterocycles. The van der Waals surface area contributed by atoms with E-state index in [0.29, 0.717) is 0 Å². The fraction of sp³-hybridized carbons (Fsp3) is 0.625. The average Bonchev–Trinajstić information content (AvgIpc) is 2.10. The average molecular weight is 219 g/mol. The number of nitrogens with one attached hydrogen (secondary N) is 1. The molecule has 86 valence electrons. The second kappa shape index (κ2) is 5.97. The lowest BCUT2D eigenvalue weighted by Crippen LogP contribution is -2.47. The number of hydrogen-bond acceptors (Lipinski definition) is 5. The van der Waals surface area contributed by atoms with Gasteiger partial charge in [-0.1, -0.05) is 0 Å². The van der Waals surface area contributed by atoms with Crippen molar-refractivity contribution in [3.63, 3.8) is 0 Å². The van der Waals surface area contributed by atoms with Crippen molar-refractivity contribution in [3.05, 3.63) is 0 Å². The zero-order valence-corrected chi connectivity index (χ0v) is 8.39. The molecular formula is C8H13NO6. The highest BCUT2D eigenvalue weighted by molar-refractivity contribution is 5.86. The SMILES string of the molecule is CC(=O)OC[C@H](NC(=O)C(C)O)C(=O)O. The van der Waals surface area contributed by atoms with Gasteiger partial charge in [-0.05, 0) is 6.92 Å². The number of aliphatic hydroxyl groups excluding tert-OH is 1. The molecule has 0 aliphatic heterocycles. The molecule has 0 fully saturated rings. The Morgan fingerprint density at radius 3 is 2.27 bits per heavy atom. The van der Waals surface area contributed by atoms with Crippen molar-refractivity contribution in [2.75, 3.05) is 6.61 Å². The minimum atomic E-state index is -1.35. The van der Waals surface area contributed by atoms with Gasteiger partial charge < -0.3 is 20.3 Å². The van der Waals surface area contributed by atoms with Crippen LogP contribution in [-0.4, -0.2) is 46.8 Å². The number of aliphatic carboxylic acids is 1. The van der Waals surface area contributed by atoms with E-state index in [9.17, 15) is 14.4 Å². The van der Waals surface area contributed by atoms with Crippen LogP contribution in [0.3, 0.4) is 0 Å². The molecule has 3 N–H and O–H groups in total. The number of rotatable bonds is 5. The van der Waals surface area contributed by atoms with Crippen LogP contribution >= 0.6 is 0 Å². The summed E-state index contributed by atoms with van der Waals surface area (Å²) in [6.07, 6.45) is -1.32. The molecule has 0 spiro atoms. The van der Waals surface area contributed by atoms with Gasteiger partial charge in [0.2, 0.25) is 5.91 Å². The van der Waals surface area contributed by atoms with Crippen molar-refractivity contribution in [3.8, 4) is 0 Å². The molecule has 0 aromatic carbocycles. The zero-order chi connectivity index (χ0) is 12.0. The smallest absolute Gasteiger partial charge is 0.329 e. The number of carboxylic acid groups (broad SMARTS) is 1. The topological polar surface area (TPSA) is 113 Å². The van der Waals surface area contributed by atoms with Crippen LogP contribution in [0.15, 0.2) is 0 Å². The third-order valence-corrected chi connectivity index (χ3v) is 1.45. The van der Waals surface area contributed by atoms with Gasteiger partial charge in [0, 0.05) is 6.92 Å². The number of carbonyl (C=O) groups is 3. The normalized spacial score (nSPS) is 13.8. The van der Waals surface area contributed by atoms with Crippen molar-refractivity contribution < 1.29 is 29.3 Å². The van der Waals surface area contributed by atoms with E-state index < -0.39 is 36.6 Å². The second-order valence-corrected chi connectivity index (χ2v) is 2.88. The summed E-state index contributed by atoms with van der Waals surface area (Å²) in [5.74, 6) is -2.83. The summed E-state index contributed by atoms with van der Waals surface area (Å²) in [5.41, 5.74) is 0. The molecule has 1 amide bonds. The van der Waals surface area contributed by atoms with Gasteiger partial charge >= 0.3 is 11.9 Å². The maximum absolute atomic E-state index is 10.9. The predicted molar refractivity (Wildman–Crippen MR) is 47.9 cm³/mol. The van der Waals surface area contributed by atoms with Crippen LogP contribution < -0.4 is 5.32 Å². The molecule has 0 aromatic heterocycles. The predicted octanol–water partition coefficient (Wildman–Crippen LogP) is -1.50. The molecule has 15 heavy (non-hydrogen) atoms. The number of amides is 1. The van der Waals surface area contributed by atoms with Crippen LogP contribution in [0.5, 0.6) is 0 Å². The number of aliphatic hydroxyl groups is 1. The van der Waals surface area contributed by atoms with Gasteiger partial charge in [-0.3, -0.25) is 9.59 Å². The van der Waals surface area contributed by atoms with E-state index in [1.165, 1.54) is 6.92 Å². The van der Waals surface area contributed by atoms with Crippen LogP contribution in [0.25, 0.3) is 0 Å². The summed E-state index contributed by atoms with van der Waals surface area (Å²) in [5, 5.41) is 19.5. The van der Waals surface area contributed by atoms with Gasteiger partial charge in [0.05, 0.1) is 0 Å². The Morgan fingerprint density at radius 1 is 1.40 bits per heavy atom. The number of esters is 1. The number of carboxylic acids is 1. The van der Waals surface area contributed by atoms with E-state index in [2.05, 4.69) is 4.74 Å². The lowest BCUT2D eigenvalue weighted by Gasteiger charge is -2.14. The lowest BCUT2D eigenvalue weighted by molar-refractivity contribution is -0.149. The Kier molecular flexibility index (Phi) is 5.32. The van der Waals surface area contributed by atoms with Crippen molar-refractivity contribution in [1.82, 2.24) is 5.32 Å². The molecule has 0 heterocycles. The molecular weight excluding hydrogens is 206 g/mol. The minimum Gasteiger partial charge on any atom is -0.480 e. The highest BCUT2D eigenvalue weighted by Gasteiger charge is 2.22. The Balaban J connectivity index is 4.22. The van der Waals surface area contributed by atoms with Crippen LogP contribution in [0.2, 0.25) is 0 Å². The summed E-state index contributed by atoms with van der Waals surface area (Å²) in [6, 6.07) is -1.35. The van der Waals surface area contributed by atoms with Gasteiger partial charge in [-0.15, -0.1) is 0 Å². The van der Waals surface area contributed by atoms with E-state index in [1.54, 1.807) is 0 Å². The molecule has 0 aliphatic rings.